The molecule has 7 nitrogen and oxygen atoms in total. The molecule has 0 aromatic heterocycles. The number of nitrogens with one attached hydrogen (secondary N) is 2. The fourth-order valence-electron chi connectivity index (χ4n) is 2.95. The van der Waals surface area contributed by atoms with E-state index in [4.69, 9.17) is 9.47 Å². The second-order valence-corrected chi connectivity index (χ2v) is 7.75. The van der Waals surface area contributed by atoms with Gasteiger partial charge < -0.3 is 20.1 Å². The van der Waals surface area contributed by atoms with Crippen LogP contribution in [0, 0.1) is 5.92 Å². The van der Waals surface area contributed by atoms with Crippen molar-refractivity contribution < 1.29 is 23.9 Å². The Bertz CT molecular complexity index is 524. The second-order valence-electron chi connectivity index (χ2n) is 7.75. The fraction of sp³-hybridized carbons (Fsp3) is 0.824. The van der Waals surface area contributed by atoms with Crippen LogP contribution in [0.25, 0.3) is 0 Å². The Labute approximate surface area is 142 Å². The van der Waals surface area contributed by atoms with Crippen molar-refractivity contribution in [3.63, 3.8) is 0 Å². The minimum absolute atomic E-state index is 0.0688. The minimum atomic E-state index is -1.03. The number of hydrogen-bond donors (Lipinski definition) is 2. The topological polar surface area (TPSA) is 93.7 Å². The first-order valence-electron chi connectivity index (χ1n) is 8.56. The summed E-state index contributed by atoms with van der Waals surface area (Å²) in [5.41, 5.74) is -1.53. The van der Waals surface area contributed by atoms with Crippen LogP contribution in [0.15, 0.2) is 0 Å². The molecule has 24 heavy (non-hydrogen) atoms. The van der Waals surface area contributed by atoms with Gasteiger partial charge in [-0.05, 0) is 46.0 Å². The summed E-state index contributed by atoms with van der Waals surface area (Å²) in [6, 6.07) is 0.146. The molecular formula is C17H28N2O5. The number of ether oxygens (including phenoxy) is 2. The standard InChI is InChI=1S/C17H28N2O5/c1-6-11-9-17(11,19-15(22)24-16(3,4)5)13(23-10(2)20)14(21)18-12-7-8-12/h11-13H,6-9H2,1-5H3,(H,18,21)(H,19,22)/t11-,13?,17+/m1/s1. The van der Waals surface area contributed by atoms with Crippen LogP contribution in [-0.2, 0) is 19.1 Å². The van der Waals surface area contributed by atoms with Crippen LogP contribution in [0.2, 0.25) is 0 Å². The lowest BCUT2D eigenvalue weighted by Gasteiger charge is -2.29. The number of amides is 2. The highest BCUT2D eigenvalue weighted by atomic mass is 16.6. The zero-order valence-electron chi connectivity index (χ0n) is 15.1. The van der Waals surface area contributed by atoms with Gasteiger partial charge in [0.25, 0.3) is 5.91 Å². The van der Waals surface area contributed by atoms with Crippen LogP contribution >= 0.6 is 0 Å². The Balaban J connectivity index is 2.15. The molecule has 2 rings (SSSR count). The van der Waals surface area contributed by atoms with Gasteiger partial charge in [0.1, 0.15) is 5.60 Å². The second kappa shape index (κ2) is 6.61. The highest BCUT2D eigenvalue weighted by molar-refractivity contribution is 5.87. The van der Waals surface area contributed by atoms with Gasteiger partial charge in [-0.3, -0.25) is 9.59 Å². The number of hydrogen-bond acceptors (Lipinski definition) is 5. The molecule has 136 valence electrons. The molecule has 7 heteroatoms. The fourth-order valence-corrected chi connectivity index (χ4v) is 2.95. The van der Waals surface area contributed by atoms with Gasteiger partial charge in [0.05, 0.1) is 5.54 Å². The molecular weight excluding hydrogens is 312 g/mol. The van der Waals surface area contributed by atoms with Crippen LogP contribution in [0.1, 0.15) is 60.3 Å². The normalized spacial score (nSPS) is 27.0. The molecule has 2 saturated carbocycles. The lowest BCUT2D eigenvalue weighted by atomic mass is 10.0. The Morgan fingerprint density at radius 2 is 1.88 bits per heavy atom. The van der Waals surface area contributed by atoms with Crippen LogP contribution < -0.4 is 10.6 Å². The van der Waals surface area contributed by atoms with E-state index >= 15 is 0 Å². The monoisotopic (exact) mass is 340 g/mol. The SMILES string of the molecule is CC[C@@H]1C[C@@]1(NC(=O)OC(C)(C)C)C(OC(C)=O)C(=O)NC1CC1. The molecule has 0 radical (unpaired) electrons. The molecule has 1 unspecified atom stereocenters. The molecule has 0 bridgehead atoms. The third-order valence-electron chi connectivity index (χ3n) is 4.29. The minimum Gasteiger partial charge on any atom is -0.450 e. The average molecular weight is 340 g/mol. The molecule has 2 fully saturated rings. The van der Waals surface area contributed by atoms with E-state index in [0.29, 0.717) is 6.42 Å². The Morgan fingerprint density at radius 1 is 1.25 bits per heavy atom. The van der Waals surface area contributed by atoms with Crippen molar-refractivity contribution in [2.24, 2.45) is 5.92 Å². The van der Waals surface area contributed by atoms with Crippen LogP contribution in [0.4, 0.5) is 4.79 Å². The Hall–Kier alpha value is -1.79. The lowest BCUT2D eigenvalue weighted by molar-refractivity contribution is -0.157. The van der Waals surface area contributed by atoms with E-state index in [0.717, 1.165) is 19.3 Å². The molecule has 0 aliphatic heterocycles. The van der Waals surface area contributed by atoms with E-state index in [1.807, 2.05) is 6.92 Å². The largest absolute Gasteiger partial charge is 0.450 e. The third-order valence-corrected chi connectivity index (χ3v) is 4.29. The summed E-state index contributed by atoms with van der Waals surface area (Å²) in [4.78, 5) is 36.3. The van der Waals surface area contributed by atoms with E-state index in [1.54, 1.807) is 20.8 Å². The Morgan fingerprint density at radius 3 is 2.29 bits per heavy atom. The number of carbonyl (C=O) groups excluding carboxylic acids is 3. The zero-order valence-corrected chi connectivity index (χ0v) is 15.1. The van der Waals surface area contributed by atoms with Gasteiger partial charge in [-0.2, -0.15) is 0 Å². The predicted octanol–water partition coefficient (Wildman–Crippen LogP) is 1.89. The molecule has 2 aliphatic carbocycles. The van der Waals surface area contributed by atoms with Crippen molar-refractivity contribution in [3.8, 4) is 0 Å². The van der Waals surface area contributed by atoms with Crippen molar-refractivity contribution in [3.05, 3.63) is 0 Å². The highest BCUT2D eigenvalue weighted by Gasteiger charge is 2.64. The molecule has 2 N–H and O–H groups in total. The molecule has 0 spiro atoms. The van der Waals surface area contributed by atoms with Crippen molar-refractivity contribution >= 4 is 18.0 Å². The summed E-state index contributed by atoms with van der Waals surface area (Å²) in [7, 11) is 0. The van der Waals surface area contributed by atoms with Gasteiger partial charge in [0.15, 0.2) is 0 Å². The molecule has 0 aromatic rings. The number of carbonyl (C=O) groups is 3. The maximum atomic E-state index is 12.6. The summed E-state index contributed by atoms with van der Waals surface area (Å²) in [5.74, 6) is -0.822. The molecule has 0 aromatic carbocycles. The van der Waals surface area contributed by atoms with Crippen molar-refractivity contribution in [1.82, 2.24) is 10.6 Å². The summed E-state index contributed by atoms with van der Waals surface area (Å²) >= 11 is 0. The third kappa shape index (κ3) is 4.61. The van der Waals surface area contributed by atoms with Gasteiger partial charge in [0.2, 0.25) is 6.10 Å². The number of esters is 1. The van der Waals surface area contributed by atoms with Gasteiger partial charge in [0, 0.05) is 13.0 Å². The average Bonchev–Trinajstić information content (AvgIpc) is 3.30. The quantitative estimate of drug-likeness (QED) is 0.720. The van der Waals surface area contributed by atoms with E-state index in [-0.39, 0.29) is 17.9 Å². The van der Waals surface area contributed by atoms with Gasteiger partial charge >= 0.3 is 12.1 Å². The summed E-state index contributed by atoms with van der Waals surface area (Å²) in [6.45, 7) is 8.56. The van der Waals surface area contributed by atoms with Crippen LogP contribution in [-0.4, -0.2) is 41.3 Å². The first-order chi connectivity index (χ1) is 11.1. The molecule has 0 saturated heterocycles. The van der Waals surface area contributed by atoms with Crippen LogP contribution in [0.3, 0.4) is 0 Å². The lowest BCUT2D eigenvalue weighted by Crippen LogP contribution is -2.56. The summed E-state index contributed by atoms with van der Waals surface area (Å²) in [6.07, 6.45) is 1.58. The van der Waals surface area contributed by atoms with Crippen LogP contribution in [0.5, 0.6) is 0 Å². The molecule has 2 amide bonds. The summed E-state index contributed by atoms with van der Waals surface area (Å²) in [5, 5.41) is 5.67. The van der Waals surface area contributed by atoms with E-state index in [9.17, 15) is 14.4 Å². The van der Waals surface area contributed by atoms with Gasteiger partial charge in [-0.1, -0.05) is 13.3 Å². The maximum Gasteiger partial charge on any atom is 0.408 e. The summed E-state index contributed by atoms with van der Waals surface area (Å²) < 4.78 is 10.6. The predicted molar refractivity (Wildman–Crippen MR) is 87.2 cm³/mol. The highest BCUT2D eigenvalue weighted by Crippen LogP contribution is 2.49. The van der Waals surface area contributed by atoms with Crippen molar-refractivity contribution in [2.45, 2.75) is 83.6 Å². The van der Waals surface area contributed by atoms with Crippen molar-refractivity contribution in [2.75, 3.05) is 0 Å². The first kappa shape index (κ1) is 18.5. The number of rotatable bonds is 6. The van der Waals surface area contributed by atoms with Crippen molar-refractivity contribution in [1.29, 1.82) is 0 Å². The smallest absolute Gasteiger partial charge is 0.408 e. The molecule has 2 aliphatic rings. The van der Waals surface area contributed by atoms with E-state index in [2.05, 4.69) is 10.6 Å². The van der Waals surface area contributed by atoms with Gasteiger partial charge in [-0.15, -0.1) is 0 Å². The molecule has 3 atom stereocenters. The zero-order chi connectivity index (χ0) is 18.1. The van der Waals surface area contributed by atoms with Gasteiger partial charge in [-0.25, -0.2) is 4.79 Å². The Kier molecular flexibility index (Phi) is 5.11. The molecule has 0 heterocycles. The first-order valence-corrected chi connectivity index (χ1v) is 8.56. The number of alkyl carbamates (subject to hydrolysis) is 1. The maximum absolute atomic E-state index is 12.6. The van der Waals surface area contributed by atoms with E-state index in [1.165, 1.54) is 6.92 Å². The van der Waals surface area contributed by atoms with E-state index < -0.39 is 29.3 Å².